The van der Waals surface area contributed by atoms with Gasteiger partial charge in [0.05, 0.1) is 6.61 Å². The zero-order valence-electron chi connectivity index (χ0n) is 27.2. The van der Waals surface area contributed by atoms with Crippen molar-refractivity contribution in [2.45, 2.75) is 97.8 Å². The highest BCUT2D eigenvalue weighted by Crippen LogP contribution is 2.70. The van der Waals surface area contributed by atoms with E-state index in [1.165, 1.54) is 12.0 Å². The van der Waals surface area contributed by atoms with Gasteiger partial charge >= 0.3 is 5.97 Å². The van der Waals surface area contributed by atoms with Crippen molar-refractivity contribution in [3.05, 3.63) is 47.5 Å². The van der Waals surface area contributed by atoms with Crippen LogP contribution in [0, 0.1) is 39.9 Å². The van der Waals surface area contributed by atoms with Crippen molar-refractivity contribution < 1.29 is 19.4 Å². The Labute approximate surface area is 253 Å². The number of carbonyl (C=O) groups excluding carboxylic acids is 2. The van der Waals surface area contributed by atoms with Gasteiger partial charge in [-0.25, -0.2) is 0 Å². The Kier molecular flexibility index (Phi) is 8.48. The van der Waals surface area contributed by atoms with Gasteiger partial charge in [-0.05, 0) is 107 Å². The molecule has 0 aromatic heterocycles. The summed E-state index contributed by atoms with van der Waals surface area (Å²) in [6.45, 7) is 11.1. The van der Waals surface area contributed by atoms with Crippen LogP contribution in [0.25, 0.3) is 0 Å². The van der Waals surface area contributed by atoms with E-state index in [1.54, 1.807) is 6.92 Å². The summed E-state index contributed by atoms with van der Waals surface area (Å²) in [5.74, 6) is 1.51. The third-order valence-corrected chi connectivity index (χ3v) is 13.2. The van der Waals surface area contributed by atoms with Crippen LogP contribution in [0.5, 0.6) is 0 Å². The van der Waals surface area contributed by atoms with Crippen molar-refractivity contribution in [2.75, 3.05) is 27.7 Å². The summed E-state index contributed by atoms with van der Waals surface area (Å²) >= 11 is 0. The molecule has 0 bridgehead atoms. The lowest BCUT2D eigenvalue weighted by Gasteiger charge is -2.56. The fourth-order valence-corrected chi connectivity index (χ4v) is 10.6. The Morgan fingerprint density at radius 3 is 2.36 bits per heavy atom. The number of carbonyl (C=O) groups is 2. The molecule has 0 spiro atoms. The number of hydrogen-bond donors (Lipinski definition) is 1. The van der Waals surface area contributed by atoms with E-state index >= 15 is 0 Å². The van der Waals surface area contributed by atoms with Gasteiger partial charge in [0.15, 0.2) is 0 Å². The van der Waals surface area contributed by atoms with Gasteiger partial charge in [-0.1, -0.05) is 50.6 Å². The lowest BCUT2D eigenvalue weighted by Crippen LogP contribution is -2.54. The number of ether oxygens (including phenoxy) is 1. The van der Waals surface area contributed by atoms with Gasteiger partial charge in [-0.15, -0.1) is 0 Å². The number of fused-ring (bicyclic) bond motifs is 4. The Morgan fingerprint density at radius 1 is 1.05 bits per heavy atom. The molecule has 6 heteroatoms. The van der Waals surface area contributed by atoms with Crippen molar-refractivity contribution in [2.24, 2.45) is 39.9 Å². The van der Waals surface area contributed by atoms with E-state index in [4.69, 9.17) is 4.74 Å². The number of aliphatic hydroxyl groups excluding tert-OH is 1. The zero-order valence-corrected chi connectivity index (χ0v) is 27.2. The molecule has 1 N–H and O–H groups in total. The predicted molar refractivity (Wildman–Crippen MR) is 167 cm³/mol. The highest BCUT2D eigenvalue weighted by atomic mass is 16.5. The summed E-state index contributed by atoms with van der Waals surface area (Å²) in [4.78, 5) is 30.0. The Hall–Kier alpha value is -2.18. The first-order chi connectivity index (χ1) is 19.8. The molecule has 4 aliphatic carbocycles. The van der Waals surface area contributed by atoms with Crippen LogP contribution in [0.15, 0.2) is 42.0 Å². The minimum atomic E-state index is -0.404. The topological polar surface area (TPSA) is 70.1 Å². The second kappa shape index (κ2) is 11.4. The second-order valence-electron chi connectivity index (χ2n) is 15.1. The molecular formula is C36H54N2O4. The molecule has 4 aliphatic rings. The molecule has 1 amide bonds. The molecule has 6 nitrogen and oxygen atoms in total. The summed E-state index contributed by atoms with van der Waals surface area (Å²) in [5, 5.41) is 11.0. The van der Waals surface area contributed by atoms with Gasteiger partial charge in [0.25, 0.3) is 5.91 Å². The lowest BCUT2D eigenvalue weighted by atomic mass is 9.48. The molecular weight excluding hydrogens is 524 g/mol. The first-order valence-electron chi connectivity index (χ1n) is 16.2. The minimum Gasteiger partial charge on any atom is -0.462 e. The van der Waals surface area contributed by atoms with E-state index in [1.807, 2.05) is 42.3 Å². The van der Waals surface area contributed by atoms with Crippen LogP contribution in [0.3, 0.4) is 0 Å². The molecule has 10 atom stereocenters. The monoisotopic (exact) mass is 578 g/mol. The van der Waals surface area contributed by atoms with E-state index in [0.717, 1.165) is 38.5 Å². The first-order valence-corrected chi connectivity index (χ1v) is 16.2. The number of amides is 1. The summed E-state index contributed by atoms with van der Waals surface area (Å²) in [6, 6.07) is 9.75. The molecule has 232 valence electrons. The van der Waals surface area contributed by atoms with Crippen molar-refractivity contribution >= 4 is 11.9 Å². The fourth-order valence-electron chi connectivity index (χ4n) is 10.6. The number of nitrogens with zero attached hydrogens (tertiary/aromatic N) is 2. The van der Waals surface area contributed by atoms with Gasteiger partial charge < -0.3 is 19.6 Å². The van der Waals surface area contributed by atoms with Crippen molar-refractivity contribution in [1.29, 1.82) is 0 Å². The molecule has 1 aromatic rings. The summed E-state index contributed by atoms with van der Waals surface area (Å²) in [6.07, 6.45) is 9.60. The number of benzene rings is 1. The average Bonchev–Trinajstić information content (AvgIpc) is 3.06. The van der Waals surface area contributed by atoms with Crippen LogP contribution in [0.2, 0.25) is 0 Å². The van der Waals surface area contributed by atoms with Gasteiger partial charge in [0.1, 0.15) is 6.10 Å². The molecule has 0 radical (unpaired) electrons. The molecule has 0 heterocycles. The van der Waals surface area contributed by atoms with E-state index in [2.05, 4.69) is 52.8 Å². The largest absolute Gasteiger partial charge is 0.462 e. The van der Waals surface area contributed by atoms with Crippen LogP contribution in [-0.2, 0) is 9.53 Å². The third kappa shape index (κ3) is 4.85. The molecule has 42 heavy (non-hydrogen) atoms. The van der Waals surface area contributed by atoms with Crippen LogP contribution in [0.1, 0.15) is 89.9 Å². The van der Waals surface area contributed by atoms with Crippen LogP contribution < -0.4 is 0 Å². The standard InChI is InChI=1S/C36H54N2O4/c1-23(37(6)7)32-30(42-24(2)40)21-36(5)29-16-15-28-26(20-27(29)18-19-35(32,36)4)14-17-31(34(28,3)22-39)38(8)33(41)25-12-10-9-11-13-25/h9-14,23,27-32,39H,15-22H2,1-8H3/t23-,27+,28+,29+,30+,31-,32-,34-,35+,36-/m0/s1. The number of rotatable bonds is 6. The van der Waals surface area contributed by atoms with Crippen molar-refractivity contribution in [3.8, 4) is 0 Å². The van der Waals surface area contributed by atoms with E-state index in [-0.39, 0.29) is 53.3 Å². The van der Waals surface area contributed by atoms with Gasteiger partial charge in [-0.3, -0.25) is 9.59 Å². The Bertz CT molecular complexity index is 1200. The quantitative estimate of drug-likeness (QED) is 0.322. The smallest absolute Gasteiger partial charge is 0.302 e. The predicted octanol–water partition coefficient (Wildman–Crippen LogP) is 6.20. The van der Waals surface area contributed by atoms with Gasteiger partial charge in [0, 0.05) is 43.0 Å². The molecule has 5 rings (SSSR count). The highest BCUT2D eigenvalue weighted by molar-refractivity contribution is 5.94. The maximum atomic E-state index is 13.5. The molecule has 0 unspecified atom stereocenters. The SMILES string of the molecule is CC(=O)O[C@@H]1C[C@@]2(C)[C@@H]3CC[C@@H]4C(=CC[C@H](N(C)C(=O)c5ccccc5)[C@@]4(C)CO)C[C@H]3CC[C@]2(C)[C@H]1[C@H](C)N(C)C. The molecule has 0 aliphatic heterocycles. The minimum absolute atomic E-state index is 0.0196. The molecule has 3 saturated carbocycles. The fraction of sp³-hybridized carbons (Fsp3) is 0.722. The molecule has 0 saturated heterocycles. The lowest BCUT2D eigenvalue weighted by molar-refractivity contribution is -0.150. The first kappa shape index (κ1) is 31.3. The average molecular weight is 579 g/mol. The molecule has 3 fully saturated rings. The second-order valence-corrected chi connectivity index (χ2v) is 15.1. The third-order valence-electron chi connectivity index (χ3n) is 13.2. The molecule has 1 aromatic carbocycles. The number of esters is 1. The van der Waals surface area contributed by atoms with Gasteiger partial charge in [-0.2, -0.15) is 0 Å². The van der Waals surface area contributed by atoms with Crippen LogP contribution in [-0.4, -0.2) is 72.7 Å². The number of aliphatic hydroxyl groups is 1. The number of allylic oxidation sites excluding steroid dienone is 1. The van der Waals surface area contributed by atoms with Gasteiger partial charge in [0.2, 0.25) is 0 Å². The summed E-state index contributed by atoms with van der Waals surface area (Å²) in [5.41, 5.74) is 1.93. The van der Waals surface area contributed by atoms with Crippen molar-refractivity contribution in [1.82, 2.24) is 9.80 Å². The van der Waals surface area contributed by atoms with Crippen molar-refractivity contribution in [3.63, 3.8) is 0 Å². The maximum Gasteiger partial charge on any atom is 0.302 e. The summed E-state index contributed by atoms with van der Waals surface area (Å²) < 4.78 is 6.13. The van der Waals surface area contributed by atoms with E-state index < -0.39 is 5.41 Å². The summed E-state index contributed by atoms with van der Waals surface area (Å²) in [7, 11) is 6.21. The highest BCUT2D eigenvalue weighted by Gasteiger charge is 2.67. The van der Waals surface area contributed by atoms with Crippen LogP contribution in [0.4, 0.5) is 0 Å². The Morgan fingerprint density at radius 2 is 1.74 bits per heavy atom. The maximum absolute atomic E-state index is 13.5. The van der Waals surface area contributed by atoms with E-state index in [9.17, 15) is 14.7 Å². The zero-order chi connectivity index (χ0) is 30.6. The normalized spacial score (nSPS) is 40.2. The van der Waals surface area contributed by atoms with E-state index in [0.29, 0.717) is 23.4 Å². The Balaban J connectivity index is 1.45. The van der Waals surface area contributed by atoms with Crippen LogP contribution >= 0.6 is 0 Å². The number of hydrogen-bond acceptors (Lipinski definition) is 5.